The van der Waals surface area contributed by atoms with Crippen molar-refractivity contribution in [2.24, 2.45) is 5.92 Å². The van der Waals surface area contributed by atoms with E-state index in [-0.39, 0.29) is 0 Å². The predicted molar refractivity (Wildman–Crippen MR) is 75.6 cm³/mol. The number of ether oxygens (including phenoxy) is 1. The standard InChI is InChI=1S/C14H20BrNO/c1-2-12-13(15)4-3-5-14(12)16-10-11-6-8-17-9-7-11/h3-5,11,16H,2,6-10H2,1H3. The van der Waals surface area contributed by atoms with Gasteiger partial charge in [0.25, 0.3) is 0 Å². The van der Waals surface area contributed by atoms with Crippen LogP contribution < -0.4 is 5.32 Å². The monoisotopic (exact) mass is 297 g/mol. The maximum atomic E-state index is 5.38. The first-order chi connectivity index (χ1) is 8.31. The van der Waals surface area contributed by atoms with E-state index < -0.39 is 0 Å². The highest BCUT2D eigenvalue weighted by atomic mass is 79.9. The Balaban J connectivity index is 1.95. The fourth-order valence-corrected chi connectivity index (χ4v) is 2.93. The summed E-state index contributed by atoms with van der Waals surface area (Å²) in [5.74, 6) is 0.757. The van der Waals surface area contributed by atoms with Crippen molar-refractivity contribution < 1.29 is 4.74 Å². The fraction of sp³-hybridized carbons (Fsp3) is 0.571. The van der Waals surface area contributed by atoms with Crippen molar-refractivity contribution >= 4 is 21.6 Å². The minimum Gasteiger partial charge on any atom is -0.385 e. The van der Waals surface area contributed by atoms with Crippen molar-refractivity contribution in [1.82, 2.24) is 0 Å². The first kappa shape index (κ1) is 12.9. The van der Waals surface area contributed by atoms with E-state index in [9.17, 15) is 0 Å². The molecule has 1 saturated heterocycles. The molecule has 0 aromatic heterocycles. The Bertz CT molecular complexity index is 361. The summed E-state index contributed by atoms with van der Waals surface area (Å²) in [5.41, 5.74) is 2.65. The van der Waals surface area contributed by atoms with Crippen LogP contribution in [0.1, 0.15) is 25.3 Å². The molecule has 0 unspecified atom stereocenters. The summed E-state index contributed by atoms with van der Waals surface area (Å²) in [7, 11) is 0. The van der Waals surface area contributed by atoms with Gasteiger partial charge in [0.1, 0.15) is 0 Å². The summed E-state index contributed by atoms with van der Waals surface area (Å²) >= 11 is 3.61. The average Bonchev–Trinajstić information content (AvgIpc) is 2.37. The summed E-state index contributed by atoms with van der Waals surface area (Å²) < 4.78 is 6.59. The quantitative estimate of drug-likeness (QED) is 0.911. The molecule has 0 radical (unpaired) electrons. The van der Waals surface area contributed by atoms with Crippen molar-refractivity contribution in [2.45, 2.75) is 26.2 Å². The van der Waals surface area contributed by atoms with Gasteiger partial charge < -0.3 is 10.1 Å². The Morgan fingerprint density at radius 1 is 1.35 bits per heavy atom. The van der Waals surface area contributed by atoms with E-state index in [0.717, 1.165) is 32.1 Å². The summed E-state index contributed by atoms with van der Waals surface area (Å²) in [6, 6.07) is 6.37. The van der Waals surface area contributed by atoms with Gasteiger partial charge in [-0.3, -0.25) is 0 Å². The van der Waals surface area contributed by atoms with Crippen LogP contribution in [-0.2, 0) is 11.2 Å². The molecule has 1 aliphatic rings. The molecule has 0 saturated carbocycles. The molecule has 0 bridgehead atoms. The lowest BCUT2D eigenvalue weighted by molar-refractivity contribution is 0.0699. The topological polar surface area (TPSA) is 21.3 Å². The molecule has 94 valence electrons. The highest BCUT2D eigenvalue weighted by molar-refractivity contribution is 9.10. The molecule has 2 nitrogen and oxygen atoms in total. The molecule has 1 aliphatic heterocycles. The lowest BCUT2D eigenvalue weighted by Gasteiger charge is -2.23. The molecule has 0 aliphatic carbocycles. The second-order valence-electron chi connectivity index (χ2n) is 4.56. The Labute approximate surface area is 112 Å². The van der Waals surface area contributed by atoms with Crippen molar-refractivity contribution in [3.63, 3.8) is 0 Å². The zero-order valence-electron chi connectivity index (χ0n) is 10.3. The van der Waals surface area contributed by atoms with E-state index in [1.807, 2.05) is 0 Å². The van der Waals surface area contributed by atoms with Gasteiger partial charge >= 0.3 is 0 Å². The van der Waals surface area contributed by atoms with Gasteiger partial charge in [0, 0.05) is 29.9 Å². The van der Waals surface area contributed by atoms with Crippen LogP contribution >= 0.6 is 15.9 Å². The second-order valence-corrected chi connectivity index (χ2v) is 5.41. The molecular formula is C14H20BrNO. The van der Waals surface area contributed by atoms with Gasteiger partial charge in [0.2, 0.25) is 0 Å². The Kier molecular flexibility index (Phi) is 4.86. The van der Waals surface area contributed by atoms with Crippen LogP contribution in [0, 0.1) is 5.92 Å². The number of hydrogen-bond acceptors (Lipinski definition) is 2. The molecular weight excluding hydrogens is 278 g/mol. The highest BCUT2D eigenvalue weighted by Gasteiger charge is 2.14. The third kappa shape index (κ3) is 3.46. The van der Waals surface area contributed by atoms with Crippen LogP contribution in [0.25, 0.3) is 0 Å². The molecule has 1 N–H and O–H groups in total. The maximum Gasteiger partial charge on any atom is 0.0469 e. The van der Waals surface area contributed by atoms with E-state index in [0.29, 0.717) is 0 Å². The Morgan fingerprint density at radius 3 is 2.82 bits per heavy atom. The summed E-state index contributed by atoms with van der Waals surface area (Å²) in [6.07, 6.45) is 3.42. The first-order valence-electron chi connectivity index (χ1n) is 6.40. The number of nitrogens with one attached hydrogen (secondary N) is 1. The van der Waals surface area contributed by atoms with Gasteiger partial charge in [-0.25, -0.2) is 0 Å². The largest absolute Gasteiger partial charge is 0.385 e. The fourth-order valence-electron chi connectivity index (χ4n) is 2.29. The molecule has 3 heteroatoms. The molecule has 0 spiro atoms. The zero-order chi connectivity index (χ0) is 12.1. The molecule has 1 aromatic rings. The van der Waals surface area contributed by atoms with Gasteiger partial charge in [0.05, 0.1) is 0 Å². The van der Waals surface area contributed by atoms with Gasteiger partial charge in [-0.05, 0) is 42.9 Å². The van der Waals surface area contributed by atoms with Crippen molar-refractivity contribution in [3.05, 3.63) is 28.2 Å². The van der Waals surface area contributed by atoms with Crippen LogP contribution in [0.2, 0.25) is 0 Å². The molecule has 1 aromatic carbocycles. The van der Waals surface area contributed by atoms with Crippen molar-refractivity contribution in [1.29, 1.82) is 0 Å². The average molecular weight is 298 g/mol. The van der Waals surface area contributed by atoms with E-state index in [2.05, 4.69) is 46.4 Å². The van der Waals surface area contributed by atoms with Crippen LogP contribution in [0.4, 0.5) is 5.69 Å². The summed E-state index contributed by atoms with van der Waals surface area (Å²) in [4.78, 5) is 0. The Morgan fingerprint density at radius 2 is 2.12 bits per heavy atom. The number of anilines is 1. The molecule has 0 atom stereocenters. The summed E-state index contributed by atoms with van der Waals surface area (Å²) in [6.45, 7) is 5.10. The van der Waals surface area contributed by atoms with Crippen molar-refractivity contribution in [2.75, 3.05) is 25.1 Å². The summed E-state index contributed by atoms with van der Waals surface area (Å²) in [5, 5.41) is 3.59. The zero-order valence-corrected chi connectivity index (χ0v) is 11.9. The highest BCUT2D eigenvalue weighted by Crippen LogP contribution is 2.26. The SMILES string of the molecule is CCc1c(Br)cccc1NCC1CCOCC1. The van der Waals surface area contributed by atoms with Gasteiger partial charge in [0.15, 0.2) is 0 Å². The second kappa shape index (κ2) is 6.41. The molecule has 1 fully saturated rings. The first-order valence-corrected chi connectivity index (χ1v) is 7.19. The number of benzene rings is 1. The Hall–Kier alpha value is -0.540. The van der Waals surface area contributed by atoms with Crippen molar-refractivity contribution in [3.8, 4) is 0 Å². The third-order valence-corrected chi connectivity index (χ3v) is 4.14. The molecule has 17 heavy (non-hydrogen) atoms. The third-order valence-electron chi connectivity index (χ3n) is 3.39. The van der Waals surface area contributed by atoms with E-state index in [4.69, 9.17) is 4.74 Å². The smallest absolute Gasteiger partial charge is 0.0469 e. The number of halogens is 1. The molecule has 2 rings (SSSR count). The van der Waals surface area contributed by atoms with E-state index in [1.54, 1.807) is 0 Å². The van der Waals surface area contributed by atoms with Crippen LogP contribution in [0.5, 0.6) is 0 Å². The van der Waals surface area contributed by atoms with Gasteiger partial charge in [-0.2, -0.15) is 0 Å². The minimum absolute atomic E-state index is 0.757. The van der Waals surface area contributed by atoms with E-state index >= 15 is 0 Å². The molecule has 1 heterocycles. The normalized spacial score (nSPS) is 17.1. The van der Waals surface area contributed by atoms with Gasteiger partial charge in [-0.1, -0.05) is 28.9 Å². The lowest BCUT2D eigenvalue weighted by atomic mass is 10.00. The number of rotatable bonds is 4. The van der Waals surface area contributed by atoms with Crippen LogP contribution in [0.3, 0.4) is 0 Å². The van der Waals surface area contributed by atoms with Crippen LogP contribution in [-0.4, -0.2) is 19.8 Å². The lowest BCUT2D eigenvalue weighted by Crippen LogP contribution is -2.23. The van der Waals surface area contributed by atoms with E-state index in [1.165, 1.54) is 28.6 Å². The number of hydrogen-bond donors (Lipinski definition) is 1. The van der Waals surface area contributed by atoms with Crippen LogP contribution in [0.15, 0.2) is 22.7 Å². The maximum absolute atomic E-state index is 5.38. The predicted octanol–water partition coefficient (Wildman–Crippen LogP) is 3.85. The van der Waals surface area contributed by atoms with Gasteiger partial charge in [-0.15, -0.1) is 0 Å². The molecule has 0 amide bonds. The minimum atomic E-state index is 0.757.